The number of hydrogen-bond acceptors (Lipinski definition) is 4. The van der Waals surface area contributed by atoms with Crippen molar-refractivity contribution in [3.8, 4) is 0 Å². The van der Waals surface area contributed by atoms with Gasteiger partial charge in [-0.25, -0.2) is 13.1 Å². The third-order valence-electron chi connectivity index (χ3n) is 3.23. The molecule has 0 bridgehead atoms. The molecule has 0 saturated heterocycles. The number of benzene rings is 1. The smallest absolute Gasteiger partial charge is 0.240 e. The number of methoxy groups -OCH3 is 1. The summed E-state index contributed by atoms with van der Waals surface area (Å²) in [5, 5.41) is 0. The summed E-state index contributed by atoms with van der Waals surface area (Å²) in [6.45, 7) is 0. The molecule has 0 radical (unpaired) electrons. The quantitative estimate of drug-likeness (QED) is 0.803. The summed E-state index contributed by atoms with van der Waals surface area (Å²) in [7, 11) is -1.80. The predicted octanol–water partition coefficient (Wildman–Crippen LogP) is 1.11. The van der Waals surface area contributed by atoms with Crippen molar-refractivity contribution < 1.29 is 13.2 Å². The summed E-state index contributed by atoms with van der Waals surface area (Å²) in [6, 6.07) is 6.15. The SMILES string of the molecule is COC1CCC(NS(=O)(=O)c2ccc(N)cc2)C1. The Balaban J connectivity index is 2.06. The van der Waals surface area contributed by atoms with Crippen LogP contribution >= 0.6 is 0 Å². The molecule has 1 aromatic carbocycles. The molecule has 0 amide bonds. The van der Waals surface area contributed by atoms with Crippen molar-refractivity contribution in [3.63, 3.8) is 0 Å². The van der Waals surface area contributed by atoms with Gasteiger partial charge in [0.2, 0.25) is 10.0 Å². The largest absolute Gasteiger partial charge is 0.399 e. The zero-order chi connectivity index (χ0) is 13.2. The number of hydrogen-bond donors (Lipinski definition) is 2. The fourth-order valence-electron chi connectivity index (χ4n) is 2.20. The Morgan fingerprint density at radius 3 is 2.50 bits per heavy atom. The third-order valence-corrected chi connectivity index (χ3v) is 4.77. The minimum Gasteiger partial charge on any atom is -0.399 e. The fourth-order valence-corrected chi connectivity index (χ4v) is 3.48. The maximum absolute atomic E-state index is 12.1. The highest BCUT2D eigenvalue weighted by molar-refractivity contribution is 7.89. The Kier molecular flexibility index (Phi) is 3.89. The van der Waals surface area contributed by atoms with Gasteiger partial charge in [0, 0.05) is 18.8 Å². The molecular formula is C12H18N2O3S. The molecule has 18 heavy (non-hydrogen) atoms. The molecule has 1 aromatic rings. The zero-order valence-corrected chi connectivity index (χ0v) is 11.1. The van der Waals surface area contributed by atoms with Crippen LogP contribution in [0.25, 0.3) is 0 Å². The van der Waals surface area contributed by atoms with Gasteiger partial charge in [-0.2, -0.15) is 0 Å². The van der Waals surface area contributed by atoms with Gasteiger partial charge in [0.15, 0.2) is 0 Å². The molecule has 1 saturated carbocycles. The van der Waals surface area contributed by atoms with E-state index in [0.717, 1.165) is 19.3 Å². The normalized spacial score (nSPS) is 24.3. The van der Waals surface area contributed by atoms with E-state index in [1.165, 1.54) is 12.1 Å². The van der Waals surface area contributed by atoms with Crippen LogP contribution in [0.1, 0.15) is 19.3 Å². The number of sulfonamides is 1. The lowest BCUT2D eigenvalue weighted by Crippen LogP contribution is -2.33. The molecule has 1 fully saturated rings. The van der Waals surface area contributed by atoms with Crippen LogP contribution in [0.5, 0.6) is 0 Å². The number of nitrogens with one attached hydrogen (secondary N) is 1. The average molecular weight is 270 g/mol. The first-order chi connectivity index (χ1) is 8.51. The Labute approximate surface area is 107 Å². The second-order valence-corrected chi connectivity index (χ2v) is 6.27. The van der Waals surface area contributed by atoms with Gasteiger partial charge in [0.25, 0.3) is 0 Å². The van der Waals surface area contributed by atoms with E-state index in [1.807, 2.05) is 0 Å². The van der Waals surface area contributed by atoms with E-state index in [4.69, 9.17) is 10.5 Å². The van der Waals surface area contributed by atoms with E-state index >= 15 is 0 Å². The zero-order valence-electron chi connectivity index (χ0n) is 10.3. The van der Waals surface area contributed by atoms with Crippen molar-refractivity contribution in [1.82, 2.24) is 4.72 Å². The Morgan fingerprint density at radius 1 is 1.28 bits per heavy atom. The van der Waals surface area contributed by atoms with Crippen LogP contribution in [-0.4, -0.2) is 27.7 Å². The lowest BCUT2D eigenvalue weighted by molar-refractivity contribution is 0.107. The van der Waals surface area contributed by atoms with Gasteiger partial charge in [0.1, 0.15) is 0 Å². The molecule has 1 aliphatic carbocycles. The number of nitrogen functional groups attached to an aromatic ring is 1. The average Bonchev–Trinajstić information content (AvgIpc) is 2.76. The lowest BCUT2D eigenvalue weighted by Gasteiger charge is -2.13. The van der Waals surface area contributed by atoms with E-state index in [-0.39, 0.29) is 17.0 Å². The Bertz CT molecular complexity index is 499. The van der Waals surface area contributed by atoms with Crippen molar-refractivity contribution in [2.24, 2.45) is 0 Å². The molecule has 0 aromatic heterocycles. The first-order valence-corrected chi connectivity index (χ1v) is 7.40. The van der Waals surface area contributed by atoms with Crippen molar-refractivity contribution in [2.75, 3.05) is 12.8 Å². The van der Waals surface area contributed by atoms with Gasteiger partial charge in [0.05, 0.1) is 11.0 Å². The molecule has 5 nitrogen and oxygen atoms in total. The molecule has 3 N–H and O–H groups in total. The summed E-state index contributed by atoms with van der Waals surface area (Å²) >= 11 is 0. The molecule has 1 aliphatic rings. The predicted molar refractivity (Wildman–Crippen MR) is 69.6 cm³/mol. The Hall–Kier alpha value is -1.11. The highest BCUT2D eigenvalue weighted by Gasteiger charge is 2.28. The molecule has 0 spiro atoms. The van der Waals surface area contributed by atoms with Crippen LogP contribution in [0.4, 0.5) is 5.69 Å². The van der Waals surface area contributed by atoms with Crippen molar-refractivity contribution >= 4 is 15.7 Å². The maximum Gasteiger partial charge on any atom is 0.240 e. The van der Waals surface area contributed by atoms with Gasteiger partial charge in [-0.1, -0.05) is 0 Å². The highest BCUT2D eigenvalue weighted by atomic mass is 32.2. The minimum atomic E-state index is -3.45. The van der Waals surface area contributed by atoms with Gasteiger partial charge in [-0.15, -0.1) is 0 Å². The van der Waals surface area contributed by atoms with Crippen LogP contribution in [0.3, 0.4) is 0 Å². The summed E-state index contributed by atoms with van der Waals surface area (Å²) in [5.41, 5.74) is 6.09. The third kappa shape index (κ3) is 3.01. The van der Waals surface area contributed by atoms with Crippen LogP contribution in [0.15, 0.2) is 29.2 Å². The monoisotopic (exact) mass is 270 g/mol. The van der Waals surface area contributed by atoms with E-state index < -0.39 is 10.0 Å². The Morgan fingerprint density at radius 2 is 1.94 bits per heavy atom. The fraction of sp³-hybridized carbons (Fsp3) is 0.500. The molecule has 0 aliphatic heterocycles. The molecule has 100 valence electrons. The minimum absolute atomic E-state index is 0.0440. The highest BCUT2D eigenvalue weighted by Crippen LogP contribution is 2.23. The van der Waals surface area contributed by atoms with E-state index in [9.17, 15) is 8.42 Å². The maximum atomic E-state index is 12.1. The number of anilines is 1. The standard InChI is InChI=1S/C12H18N2O3S/c1-17-11-5-4-10(8-11)14-18(15,16)12-6-2-9(13)3-7-12/h2-3,6-7,10-11,14H,4-5,8,13H2,1H3. The first kappa shape index (κ1) is 13.3. The van der Waals surface area contributed by atoms with E-state index in [1.54, 1.807) is 19.2 Å². The van der Waals surface area contributed by atoms with Gasteiger partial charge in [-0.05, 0) is 43.5 Å². The van der Waals surface area contributed by atoms with E-state index in [0.29, 0.717) is 5.69 Å². The van der Waals surface area contributed by atoms with Gasteiger partial charge >= 0.3 is 0 Å². The second kappa shape index (κ2) is 5.26. The lowest BCUT2D eigenvalue weighted by atomic mass is 10.3. The number of ether oxygens (including phenoxy) is 1. The molecular weight excluding hydrogens is 252 g/mol. The van der Waals surface area contributed by atoms with Crippen molar-refractivity contribution in [2.45, 2.75) is 36.3 Å². The van der Waals surface area contributed by atoms with Crippen molar-refractivity contribution in [3.05, 3.63) is 24.3 Å². The first-order valence-electron chi connectivity index (χ1n) is 5.92. The van der Waals surface area contributed by atoms with Crippen molar-refractivity contribution in [1.29, 1.82) is 0 Å². The summed E-state index contributed by atoms with van der Waals surface area (Å²) in [5.74, 6) is 0. The van der Waals surface area contributed by atoms with Gasteiger partial charge < -0.3 is 10.5 Å². The molecule has 2 rings (SSSR count). The number of nitrogens with two attached hydrogens (primary N) is 1. The summed E-state index contributed by atoms with van der Waals surface area (Å²) < 4.78 is 32.1. The molecule has 6 heteroatoms. The molecule has 2 unspecified atom stereocenters. The summed E-state index contributed by atoms with van der Waals surface area (Å²) in [6.07, 6.45) is 2.59. The van der Waals surface area contributed by atoms with Crippen LogP contribution in [0, 0.1) is 0 Å². The topological polar surface area (TPSA) is 81.4 Å². The van der Waals surface area contributed by atoms with Crippen LogP contribution < -0.4 is 10.5 Å². The molecule has 2 atom stereocenters. The van der Waals surface area contributed by atoms with Crippen LogP contribution in [0.2, 0.25) is 0 Å². The van der Waals surface area contributed by atoms with Gasteiger partial charge in [-0.3, -0.25) is 0 Å². The second-order valence-electron chi connectivity index (χ2n) is 4.56. The molecule has 0 heterocycles. The summed E-state index contributed by atoms with van der Waals surface area (Å²) in [4.78, 5) is 0.248. The number of rotatable bonds is 4. The van der Waals surface area contributed by atoms with E-state index in [2.05, 4.69) is 4.72 Å². The van der Waals surface area contributed by atoms with Crippen LogP contribution in [-0.2, 0) is 14.8 Å².